The first-order valence-electron chi connectivity index (χ1n) is 18.5. The van der Waals surface area contributed by atoms with Crippen LogP contribution in [0.15, 0.2) is 180 Å². The van der Waals surface area contributed by atoms with Crippen molar-refractivity contribution < 1.29 is 4.42 Å². The molecule has 0 saturated heterocycles. The third kappa shape index (κ3) is 5.60. The van der Waals surface area contributed by atoms with Crippen molar-refractivity contribution in [1.29, 1.82) is 0 Å². The SMILES string of the molecule is CC1C=Cc2oc3cccc(-c4cccc(-c5ccccc5)c4)c3c2C1c1nc(-c2ccccc2)nc(-c2ccc(-c3cccc4ccccc34)cc2)n1. The molecular formula is C50H35N3O. The van der Waals surface area contributed by atoms with Gasteiger partial charge in [-0.3, -0.25) is 0 Å². The van der Waals surface area contributed by atoms with Gasteiger partial charge in [0.05, 0.1) is 5.92 Å². The molecule has 2 heterocycles. The summed E-state index contributed by atoms with van der Waals surface area (Å²) in [5, 5.41) is 3.55. The molecule has 2 atom stereocenters. The highest BCUT2D eigenvalue weighted by molar-refractivity contribution is 6.00. The van der Waals surface area contributed by atoms with E-state index in [1.54, 1.807) is 0 Å². The molecule has 0 N–H and O–H groups in total. The van der Waals surface area contributed by atoms with E-state index < -0.39 is 0 Å². The average molecular weight is 694 g/mol. The lowest BCUT2D eigenvalue weighted by Gasteiger charge is -2.25. The number of aromatic nitrogens is 3. The summed E-state index contributed by atoms with van der Waals surface area (Å²) in [6.07, 6.45) is 4.34. The van der Waals surface area contributed by atoms with Gasteiger partial charge in [-0.1, -0.05) is 171 Å². The largest absolute Gasteiger partial charge is 0.456 e. The van der Waals surface area contributed by atoms with Gasteiger partial charge in [0, 0.05) is 22.1 Å². The molecule has 0 radical (unpaired) electrons. The number of hydrogen-bond donors (Lipinski definition) is 0. The molecule has 2 aromatic heterocycles. The summed E-state index contributed by atoms with van der Waals surface area (Å²) in [6.45, 7) is 2.24. The van der Waals surface area contributed by atoms with Crippen molar-refractivity contribution >= 4 is 27.8 Å². The molecule has 4 heteroatoms. The summed E-state index contributed by atoms with van der Waals surface area (Å²) >= 11 is 0. The third-order valence-corrected chi connectivity index (χ3v) is 10.7. The van der Waals surface area contributed by atoms with Gasteiger partial charge < -0.3 is 4.42 Å². The number of furan rings is 1. The van der Waals surface area contributed by atoms with E-state index in [1.165, 1.54) is 27.5 Å². The molecule has 54 heavy (non-hydrogen) atoms. The molecular weight excluding hydrogens is 659 g/mol. The maximum absolute atomic E-state index is 6.63. The Morgan fingerprint density at radius 2 is 1.07 bits per heavy atom. The van der Waals surface area contributed by atoms with Crippen LogP contribution in [0.5, 0.6) is 0 Å². The zero-order chi connectivity index (χ0) is 36.0. The van der Waals surface area contributed by atoms with Crippen molar-refractivity contribution in [2.45, 2.75) is 12.8 Å². The fourth-order valence-corrected chi connectivity index (χ4v) is 7.99. The summed E-state index contributed by atoms with van der Waals surface area (Å²) in [6, 6.07) is 59.4. The Morgan fingerprint density at radius 3 is 1.87 bits per heavy atom. The number of hydrogen-bond acceptors (Lipinski definition) is 4. The van der Waals surface area contributed by atoms with Crippen LogP contribution in [0.25, 0.3) is 84.0 Å². The van der Waals surface area contributed by atoms with E-state index in [4.69, 9.17) is 19.4 Å². The highest BCUT2D eigenvalue weighted by atomic mass is 16.3. The van der Waals surface area contributed by atoms with Gasteiger partial charge in [0.2, 0.25) is 0 Å². The van der Waals surface area contributed by atoms with Crippen molar-refractivity contribution in [2.24, 2.45) is 5.92 Å². The average Bonchev–Trinajstić information content (AvgIpc) is 3.63. The molecule has 256 valence electrons. The van der Waals surface area contributed by atoms with Gasteiger partial charge in [0.25, 0.3) is 0 Å². The lowest BCUT2D eigenvalue weighted by Crippen LogP contribution is -2.18. The van der Waals surface area contributed by atoms with Crippen LogP contribution < -0.4 is 0 Å². The fourth-order valence-electron chi connectivity index (χ4n) is 7.99. The predicted octanol–water partition coefficient (Wildman–Crippen LogP) is 12.9. The summed E-state index contributed by atoms with van der Waals surface area (Å²) in [5.74, 6) is 2.82. The molecule has 0 amide bonds. The predicted molar refractivity (Wildman–Crippen MR) is 221 cm³/mol. The van der Waals surface area contributed by atoms with E-state index in [2.05, 4.69) is 171 Å². The molecule has 0 bridgehead atoms. The Hall–Kier alpha value is -6.91. The Balaban J connectivity index is 1.12. The maximum atomic E-state index is 6.63. The van der Waals surface area contributed by atoms with Crippen LogP contribution in [0, 0.1) is 5.92 Å². The molecule has 1 aliphatic rings. The summed E-state index contributed by atoms with van der Waals surface area (Å²) < 4.78 is 6.63. The van der Waals surface area contributed by atoms with Crippen LogP contribution in [0.1, 0.15) is 30.0 Å². The van der Waals surface area contributed by atoms with Crippen LogP contribution >= 0.6 is 0 Å². The van der Waals surface area contributed by atoms with Crippen LogP contribution in [0.3, 0.4) is 0 Å². The van der Waals surface area contributed by atoms with Gasteiger partial charge in [-0.15, -0.1) is 0 Å². The minimum atomic E-state index is -0.163. The molecule has 0 aliphatic heterocycles. The highest BCUT2D eigenvalue weighted by Crippen LogP contribution is 2.47. The molecule has 0 saturated carbocycles. The topological polar surface area (TPSA) is 51.8 Å². The Labute approximate surface area is 314 Å². The molecule has 0 fully saturated rings. The first-order valence-corrected chi connectivity index (χ1v) is 18.5. The van der Waals surface area contributed by atoms with Gasteiger partial charge in [-0.05, 0) is 68.3 Å². The summed E-state index contributed by atoms with van der Waals surface area (Å²) in [7, 11) is 0. The van der Waals surface area contributed by atoms with E-state index in [0.717, 1.165) is 55.9 Å². The summed E-state index contributed by atoms with van der Waals surface area (Å²) in [5.41, 5.74) is 10.8. The number of benzene rings is 7. The second-order valence-electron chi connectivity index (χ2n) is 14.0. The first-order chi connectivity index (χ1) is 26.7. The second-order valence-corrected chi connectivity index (χ2v) is 14.0. The minimum Gasteiger partial charge on any atom is -0.456 e. The fraction of sp³-hybridized carbons (Fsp3) is 0.0600. The Morgan fingerprint density at radius 1 is 0.481 bits per heavy atom. The van der Waals surface area contributed by atoms with Crippen molar-refractivity contribution in [3.05, 3.63) is 193 Å². The zero-order valence-electron chi connectivity index (χ0n) is 29.7. The quantitative estimate of drug-likeness (QED) is 0.174. The molecule has 10 rings (SSSR count). The molecule has 4 nitrogen and oxygen atoms in total. The normalized spacial score (nSPS) is 15.1. The zero-order valence-corrected chi connectivity index (χ0v) is 29.7. The first kappa shape index (κ1) is 31.8. The Kier molecular flexibility index (Phi) is 7.80. The number of fused-ring (bicyclic) bond motifs is 4. The van der Waals surface area contributed by atoms with Gasteiger partial charge in [0.15, 0.2) is 11.6 Å². The van der Waals surface area contributed by atoms with E-state index >= 15 is 0 Å². The lowest BCUT2D eigenvalue weighted by atomic mass is 9.79. The van der Waals surface area contributed by atoms with Gasteiger partial charge in [-0.2, -0.15) is 0 Å². The van der Waals surface area contributed by atoms with Gasteiger partial charge in [0.1, 0.15) is 17.2 Å². The van der Waals surface area contributed by atoms with E-state index in [-0.39, 0.29) is 11.8 Å². The van der Waals surface area contributed by atoms with Crippen molar-refractivity contribution in [2.75, 3.05) is 0 Å². The van der Waals surface area contributed by atoms with Crippen molar-refractivity contribution in [3.8, 4) is 56.2 Å². The van der Waals surface area contributed by atoms with Crippen molar-refractivity contribution in [3.63, 3.8) is 0 Å². The molecule has 7 aromatic carbocycles. The minimum absolute atomic E-state index is 0.106. The molecule has 0 spiro atoms. The second kappa shape index (κ2) is 13.3. The number of nitrogens with zero attached hydrogens (tertiary/aromatic N) is 3. The smallest absolute Gasteiger partial charge is 0.163 e. The number of rotatable bonds is 6. The molecule has 9 aromatic rings. The molecule has 2 unspecified atom stereocenters. The van der Waals surface area contributed by atoms with Crippen LogP contribution in [0.2, 0.25) is 0 Å². The van der Waals surface area contributed by atoms with Gasteiger partial charge in [-0.25, -0.2) is 15.0 Å². The van der Waals surface area contributed by atoms with E-state index in [9.17, 15) is 0 Å². The van der Waals surface area contributed by atoms with E-state index in [1.807, 2.05) is 18.2 Å². The number of allylic oxidation sites excluding steroid dienone is 1. The van der Waals surface area contributed by atoms with Crippen molar-refractivity contribution in [1.82, 2.24) is 15.0 Å². The standard InChI is InChI=1S/C50H35N3O/c1-32-25-30-44-47(46-42(23-12-24-43(46)54-44)39-20-10-19-38(31-39)33-13-4-2-5-14-33)45(32)50-52-48(36-16-6-3-7-17-36)51-49(53-50)37-28-26-35(27-29-37)41-22-11-18-34-15-8-9-21-40(34)41/h2-32,45H,1H3. The molecule has 1 aliphatic carbocycles. The highest BCUT2D eigenvalue weighted by Gasteiger charge is 2.34. The lowest BCUT2D eigenvalue weighted by molar-refractivity contribution is 0.545. The van der Waals surface area contributed by atoms with Crippen LogP contribution in [0.4, 0.5) is 0 Å². The van der Waals surface area contributed by atoms with Gasteiger partial charge >= 0.3 is 0 Å². The third-order valence-electron chi connectivity index (χ3n) is 10.7. The maximum Gasteiger partial charge on any atom is 0.163 e. The summed E-state index contributed by atoms with van der Waals surface area (Å²) in [4.78, 5) is 15.6. The van der Waals surface area contributed by atoms with Crippen LogP contribution in [-0.4, -0.2) is 15.0 Å². The van der Waals surface area contributed by atoms with Crippen LogP contribution in [-0.2, 0) is 0 Å². The Bertz CT molecular complexity index is 2830. The monoisotopic (exact) mass is 693 g/mol. The van der Waals surface area contributed by atoms with E-state index in [0.29, 0.717) is 11.6 Å².